The van der Waals surface area contributed by atoms with Crippen molar-refractivity contribution in [1.29, 1.82) is 0 Å². The van der Waals surface area contributed by atoms with Crippen LogP contribution in [0, 0.1) is 0 Å². The van der Waals surface area contributed by atoms with Crippen molar-refractivity contribution in [3.05, 3.63) is 54.1 Å². The van der Waals surface area contributed by atoms with E-state index in [0.29, 0.717) is 30.3 Å². The molecule has 0 aliphatic carbocycles. The zero-order valence-corrected chi connectivity index (χ0v) is 25.0. The number of anilines is 1. The van der Waals surface area contributed by atoms with Crippen molar-refractivity contribution >= 4 is 34.1 Å². The molecule has 9 nitrogen and oxygen atoms in total. The number of carbonyl (C=O) groups excluding carboxylic acids is 1. The Kier molecular flexibility index (Phi) is 12.4. The molecule has 1 aliphatic rings. The fraction of sp³-hybridized carbons (Fsp3) is 0.536. The zero-order valence-electron chi connectivity index (χ0n) is 23.4. The first-order valence-electron chi connectivity index (χ1n) is 13.2. The predicted octanol–water partition coefficient (Wildman–Crippen LogP) is 4.82. The SMILES string of the molecule is CCCCN(CC(C)(C)O)C(=O)NC1CCN(Cc2ccc(Oc3ccc(NS(C)(=O)=O)cc3)cc2)CC1.Cl. The summed E-state index contributed by atoms with van der Waals surface area (Å²) in [7, 11) is -3.31. The number of rotatable bonds is 12. The Morgan fingerprint density at radius 2 is 1.64 bits per heavy atom. The van der Waals surface area contributed by atoms with Gasteiger partial charge in [0, 0.05) is 37.9 Å². The Balaban J connectivity index is 0.00000533. The minimum Gasteiger partial charge on any atom is -0.457 e. The van der Waals surface area contributed by atoms with Crippen molar-refractivity contribution in [2.75, 3.05) is 37.2 Å². The van der Waals surface area contributed by atoms with Gasteiger partial charge in [0.15, 0.2) is 0 Å². The lowest BCUT2D eigenvalue weighted by Crippen LogP contribution is -2.52. The fourth-order valence-electron chi connectivity index (χ4n) is 4.43. The lowest BCUT2D eigenvalue weighted by Gasteiger charge is -2.35. The van der Waals surface area contributed by atoms with Gasteiger partial charge in [-0.15, -0.1) is 12.4 Å². The normalized spacial score (nSPS) is 14.8. The number of benzene rings is 2. The minimum absolute atomic E-state index is 0. The van der Waals surface area contributed by atoms with Gasteiger partial charge >= 0.3 is 6.03 Å². The Morgan fingerprint density at radius 1 is 1.08 bits per heavy atom. The molecule has 0 aromatic heterocycles. The van der Waals surface area contributed by atoms with E-state index in [4.69, 9.17) is 4.74 Å². The third kappa shape index (κ3) is 12.0. The van der Waals surface area contributed by atoms with Crippen LogP contribution >= 0.6 is 12.4 Å². The maximum Gasteiger partial charge on any atom is 0.317 e. The van der Waals surface area contributed by atoms with Gasteiger partial charge < -0.3 is 20.1 Å². The molecule has 2 aromatic carbocycles. The molecule has 1 aliphatic heterocycles. The number of unbranched alkanes of at least 4 members (excludes halogenated alkanes) is 1. The van der Waals surface area contributed by atoms with Crippen LogP contribution in [-0.4, -0.2) is 73.4 Å². The highest BCUT2D eigenvalue weighted by Gasteiger charge is 2.26. The van der Waals surface area contributed by atoms with Crippen LogP contribution in [0.3, 0.4) is 0 Å². The van der Waals surface area contributed by atoms with Gasteiger partial charge in [0.2, 0.25) is 10.0 Å². The van der Waals surface area contributed by atoms with Crippen LogP contribution in [0.4, 0.5) is 10.5 Å². The first kappa shape index (κ1) is 32.7. The van der Waals surface area contributed by atoms with E-state index in [-0.39, 0.29) is 24.5 Å². The van der Waals surface area contributed by atoms with Crippen molar-refractivity contribution in [1.82, 2.24) is 15.1 Å². The molecule has 0 radical (unpaired) electrons. The van der Waals surface area contributed by atoms with E-state index in [0.717, 1.165) is 51.6 Å². The maximum atomic E-state index is 12.9. The number of amides is 2. The van der Waals surface area contributed by atoms with Crippen molar-refractivity contribution in [3.8, 4) is 11.5 Å². The van der Waals surface area contributed by atoms with Crippen LogP contribution < -0.4 is 14.8 Å². The average molecular weight is 583 g/mol. The van der Waals surface area contributed by atoms with Crippen LogP contribution in [-0.2, 0) is 16.6 Å². The summed E-state index contributed by atoms with van der Waals surface area (Å²) in [5.74, 6) is 1.33. The lowest BCUT2D eigenvalue weighted by molar-refractivity contribution is 0.0453. The molecule has 0 saturated carbocycles. The first-order chi connectivity index (χ1) is 17.9. The summed E-state index contributed by atoms with van der Waals surface area (Å²) in [5, 5.41) is 13.4. The highest BCUT2D eigenvalue weighted by atomic mass is 35.5. The smallest absolute Gasteiger partial charge is 0.317 e. The summed E-state index contributed by atoms with van der Waals surface area (Å²) in [6.07, 6.45) is 4.81. The summed E-state index contributed by atoms with van der Waals surface area (Å²) < 4.78 is 31.0. The molecule has 0 spiro atoms. The Hall–Kier alpha value is -2.53. The number of carbonyl (C=O) groups is 1. The number of nitrogens with zero attached hydrogens (tertiary/aromatic N) is 2. The fourth-order valence-corrected chi connectivity index (χ4v) is 5.00. The van der Waals surface area contributed by atoms with Crippen LogP contribution in [0.2, 0.25) is 0 Å². The number of hydrogen-bond acceptors (Lipinski definition) is 6. The van der Waals surface area contributed by atoms with Crippen LogP contribution in [0.1, 0.15) is 52.0 Å². The highest BCUT2D eigenvalue weighted by Crippen LogP contribution is 2.24. The Bertz CT molecular complexity index is 1130. The Morgan fingerprint density at radius 3 is 2.15 bits per heavy atom. The summed E-state index contributed by atoms with van der Waals surface area (Å²) in [5.41, 5.74) is 0.752. The van der Waals surface area contributed by atoms with Gasteiger partial charge in [-0.25, -0.2) is 13.2 Å². The number of hydrogen-bond donors (Lipinski definition) is 3. The number of halogens is 1. The van der Waals surface area contributed by atoms with Crippen molar-refractivity contribution in [2.45, 2.75) is 64.6 Å². The van der Waals surface area contributed by atoms with Crippen LogP contribution in [0.25, 0.3) is 0 Å². The molecule has 0 bridgehead atoms. The third-order valence-electron chi connectivity index (χ3n) is 6.28. The van der Waals surface area contributed by atoms with Crippen LogP contribution in [0.15, 0.2) is 48.5 Å². The Labute approximate surface area is 239 Å². The number of ether oxygens (including phenoxy) is 1. The summed E-state index contributed by atoms with van der Waals surface area (Å²) >= 11 is 0. The molecule has 11 heteroatoms. The molecule has 39 heavy (non-hydrogen) atoms. The van der Waals surface area contributed by atoms with E-state index in [1.807, 2.05) is 24.3 Å². The third-order valence-corrected chi connectivity index (χ3v) is 6.89. The predicted molar refractivity (Wildman–Crippen MR) is 158 cm³/mol. The lowest BCUT2D eigenvalue weighted by atomic mass is 10.0. The monoisotopic (exact) mass is 582 g/mol. The molecule has 2 aromatic rings. The molecule has 2 amide bonds. The van der Waals surface area contributed by atoms with Gasteiger partial charge in [-0.05, 0) is 75.1 Å². The van der Waals surface area contributed by atoms with Crippen molar-refractivity contribution in [3.63, 3.8) is 0 Å². The maximum absolute atomic E-state index is 12.9. The van der Waals surface area contributed by atoms with Gasteiger partial charge in [-0.3, -0.25) is 9.62 Å². The van der Waals surface area contributed by atoms with Crippen LogP contribution in [0.5, 0.6) is 11.5 Å². The largest absolute Gasteiger partial charge is 0.457 e. The molecular formula is C28H43ClN4O5S. The van der Waals surface area contributed by atoms with Crippen molar-refractivity contribution < 1.29 is 23.1 Å². The van der Waals surface area contributed by atoms with Gasteiger partial charge in [-0.1, -0.05) is 25.5 Å². The topological polar surface area (TPSA) is 111 Å². The summed E-state index contributed by atoms with van der Waals surface area (Å²) in [6.45, 7) is 9.16. The van der Waals surface area contributed by atoms with Gasteiger partial charge in [-0.2, -0.15) is 0 Å². The summed E-state index contributed by atoms with van der Waals surface area (Å²) in [4.78, 5) is 17.0. The second-order valence-electron chi connectivity index (χ2n) is 10.7. The second-order valence-corrected chi connectivity index (χ2v) is 12.5. The molecule has 1 saturated heterocycles. The highest BCUT2D eigenvalue weighted by molar-refractivity contribution is 7.92. The summed E-state index contributed by atoms with van der Waals surface area (Å²) in [6, 6.07) is 14.8. The number of likely N-dealkylation sites (tertiary alicyclic amines) is 1. The van der Waals surface area contributed by atoms with E-state index < -0.39 is 15.6 Å². The van der Waals surface area contributed by atoms with Crippen molar-refractivity contribution in [2.24, 2.45) is 0 Å². The number of aliphatic hydroxyl groups is 1. The number of sulfonamides is 1. The number of urea groups is 1. The van der Waals surface area contributed by atoms with Gasteiger partial charge in [0.1, 0.15) is 11.5 Å². The molecule has 1 fully saturated rings. The second kappa shape index (κ2) is 14.7. The molecule has 3 N–H and O–H groups in total. The number of nitrogens with one attached hydrogen (secondary N) is 2. The van der Waals surface area contributed by atoms with E-state index in [1.165, 1.54) is 5.56 Å². The molecular weight excluding hydrogens is 540 g/mol. The quantitative estimate of drug-likeness (QED) is 0.331. The average Bonchev–Trinajstić information content (AvgIpc) is 2.84. The van der Waals surface area contributed by atoms with Gasteiger partial charge in [0.05, 0.1) is 18.4 Å². The van der Waals surface area contributed by atoms with E-state index in [1.54, 1.807) is 43.0 Å². The van der Waals surface area contributed by atoms with E-state index in [9.17, 15) is 18.3 Å². The molecule has 0 unspecified atom stereocenters. The number of piperidine rings is 1. The molecule has 0 atom stereocenters. The first-order valence-corrected chi connectivity index (χ1v) is 15.1. The van der Waals surface area contributed by atoms with E-state index in [2.05, 4.69) is 21.9 Å². The standard InChI is InChI=1S/C28H42N4O5S.ClH/c1-5-6-17-32(21-28(2,3)34)27(33)29-23-15-18-31(19-16-23)20-22-7-11-25(12-8-22)37-26-13-9-24(10-14-26)30-38(4,35)36;/h7-14,23,30,34H,5-6,15-21H2,1-4H3,(H,29,33);1H. The van der Waals surface area contributed by atoms with Gasteiger partial charge in [0.25, 0.3) is 0 Å². The minimum atomic E-state index is -3.31. The molecule has 3 rings (SSSR count). The molecule has 1 heterocycles. The zero-order chi connectivity index (χ0) is 27.8. The van der Waals surface area contributed by atoms with E-state index >= 15 is 0 Å². The molecule has 218 valence electrons.